The second kappa shape index (κ2) is 7.69. The molecule has 2 heterocycles. The molecule has 0 saturated carbocycles. The molecule has 1 aromatic heterocycles. The summed E-state index contributed by atoms with van der Waals surface area (Å²) in [5, 5.41) is 0. The average molecular weight is 408 g/mol. The van der Waals surface area contributed by atoms with E-state index in [1.54, 1.807) is 36.4 Å². The van der Waals surface area contributed by atoms with Crippen LogP contribution in [-0.4, -0.2) is 54.2 Å². The molecular formula is C17H18BrN3O4. The molecule has 1 atom stereocenters. The number of likely N-dealkylation sites (tertiary alicyclic amines) is 1. The van der Waals surface area contributed by atoms with Crippen molar-refractivity contribution in [3.63, 3.8) is 0 Å². The molecule has 0 radical (unpaired) electrons. The summed E-state index contributed by atoms with van der Waals surface area (Å²) in [7, 11) is 3.09. The van der Waals surface area contributed by atoms with Gasteiger partial charge in [0.05, 0.1) is 26.3 Å². The van der Waals surface area contributed by atoms with Crippen molar-refractivity contribution in [2.24, 2.45) is 0 Å². The molecule has 8 heteroatoms. The van der Waals surface area contributed by atoms with E-state index in [-0.39, 0.29) is 12.0 Å². The molecule has 2 aromatic rings. The summed E-state index contributed by atoms with van der Waals surface area (Å²) in [5.74, 6) is 1.25. The summed E-state index contributed by atoms with van der Waals surface area (Å²) in [6, 6.07) is 5.34. The van der Waals surface area contributed by atoms with Crippen LogP contribution in [0.25, 0.3) is 0 Å². The van der Waals surface area contributed by atoms with Gasteiger partial charge in [-0.15, -0.1) is 0 Å². The Bertz CT molecular complexity index is 771. The first kappa shape index (κ1) is 17.5. The Morgan fingerprint density at radius 1 is 1.20 bits per heavy atom. The minimum absolute atomic E-state index is 0.0667. The van der Waals surface area contributed by atoms with E-state index in [1.165, 1.54) is 13.3 Å². The van der Waals surface area contributed by atoms with Gasteiger partial charge in [-0.05, 0) is 34.1 Å². The van der Waals surface area contributed by atoms with Gasteiger partial charge in [0, 0.05) is 29.8 Å². The van der Waals surface area contributed by atoms with Gasteiger partial charge in [0.2, 0.25) is 0 Å². The summed E-state index contributed by atoms with van der Waals surface area (Å²) in [4.78, 5) is 22.7. The zero-order chi connectivity index (χ0) is 17.8. The number of amides is 1. The third-order valence-electron chi connectivity index (χ3n) is 3.94. The van der Waals surface area contributed by atoms with Crippen LogP contribution < -0.4 is 14.2 Å². The van der Waals surface area contributed by atoms with Gasteiger partial charge in [0.25, 0.3) is 17.7 Å². The molecular weight excluding hydrogens is 390 g/mol. The maximum absolute atomic E-state index is 12.8. The summed E-state index contributed by atoms with van der Waals surface area (Å²) in [5.41, 5.74) is 0.567. The second-order valence-electron chi connectivity index (χ2n) is 5.50. The number of carbonyl (C=O) groups is 1. The van der Waals surface area contributed by atoms with Crippen molar-refractivity contribution < 1.29 is 19.0 Å². The van der Waals surface area contributed by atoms with Gasteiger partial charge in [-0.2, -0.15) is 0 Å². The van der Waals surface area contributed by atoms with Crippen LogP contribution in [0.1, 0.15) is 16.8 Å². The summed E-state index contributed by atoms with van der Waals surface area (Å²) in [6.45, 7) is 1.08. The third kappa shape index (κ3) is 3.84. The standard InChI is InChI=1S/C17H18BrN3O4/c1-23-11-3-4-14(18)13(9-11)17(22)21-8-5-12(10-21)25-16-15(24-2)19-6-7-20-16/h3-4,6-7,9,12H,5,8,10H2,1-2H3. The van der Waals surface area contributed by atoms with E-state index in [0.29, 0.717) is 42.6 Å². The van der Waals surface area contributed by atoms with Crippen LogP contribution in [0.4, 0.5) is 0 Å². The number of carbonyl (C=O) groups excluding carboxylic acids is 1. The highest BCUT2D eigenvalue weighted by Crippen LogP contribution is 2.27. The van der Waals surface area contributed by atoms with E-state index in [4.69, 9.17) is 14.2 Å². The normalized spacial score (nSPS) is 16.6. The Balaban J connectivity index is 1.69. The molecule has 3 rings (SSSR count). The van der Waals surface area contributed by atoms with Crippen LogP contribution in [0.15, 0.2) is 35.1 Å². The maximum Gasteiger partial charge on any atom is 0.278 e. The van der Waals surface area contributed by atoms with E-state index in [1.807, 2.05) is 0 Å². The summed E-state index contributed by atoms with van der Waals surface area (Å²) >= 11 is 3.43. The maximum atomic E-state index is 12.8. The zero-order valence-electron chi connectivity index (χ0n) is 13.9. The Morgan fingerprint density at radius 2 is 1.96 bits per heavy atom. The number of nitrogens with zero attached hydrogens (tertiary/aromatic N) is 3. The van der Waals surface area contributed by atoms with Gasteiger partial charge in [0.15, 0.2) is 0 Å². The van der Waals surface area contributed by atoms with E-state index in [2.05, 4.69) is 25.9 Å². The molecule has 1 fully saturated rings. The van der Waals surface area contributed by atoms with E-state index in [0.717, 1.165) is 4.47 Å². The highest BCUT2D eigenvalue weighted by atomic mass is 79.9. The smallest absolute Gasteiger partial charge is 0.278 e. The number of ether oxygens (including phenoxy) is 3. The number of hydrogen-bond donors (Lipinski definition) is 0. The number of rotatable bonds is 5. The quantitative estimate of drug-likeness (QED) is 0.757. The molecule has 132 valence electrons. The largest absolute Gasteiger partial charge is 0.497 e. The van der Waals surface area contributed by atoms with Gasteiger partial charge in [-0.25, -0.2) is 9.97 Å². The molecule has 1 aliphatic heterocycles. The lowest BCUT2D eigenvalue weighted by molar-refractivity contribution is 0.0769. The van der Waals surface area contributed by atoms with Crippen LogP contribution >= 0.6 is 15.9 Å². The molecule has 0 spiro atoms. The van der Waals surface area contributed by atoms with Gasteiger partial charge in [-0.3, -0.25) is 4.79 Å². The Hall–Kier alpha value is -2.35. The van der Waals surface area contributed by atoms with Crippen LogP contribution in [0, 0.1) is 0 Å². The fraction of sp³-hybridized carbons (Fsp3) is 0.353. The van der Waals surface area contributed by atoms with Gasteiger partial charge in [-0.1, -0.05) is 0 Å². The first-order valence-corrected chi connectivity index (χ1v) is 8.56. The molecule has 0 aliphatic carbocycles. The second-order valence-corrected chi connectivity index (χ2v) is 6.35. The Morgan fingerprint density at radius 3 is 2.68 bits per heavy atom. The topological polar surface area (TPSA) is 73.8 Å². The predicted octanol–water partition coefficient (Wildman–Crippen LogP) is 2.55. The molecule has 1 aliphatic rings. The minimum Gasteiger partial charge on any atom is -0.497 e. The monoisotopic (exact) mass is 407 g/mol. The Kier molecular flexibility index (Phi) is 5.37. The molecule has 1 saturated heterocycles. The molecule has 1 unspecified atom stereocenters. The van der Waals surface area contributed by atoms with Gasteiger partial charge in [0.1, 0.15) is 11.9 Å². The molecule has 0 bridgehead atoms. The van der Waals surface area contributed by atoms with Crippen molar-refractivity contribution in [2.45, 2.75) is 12.5 Å². The predicted molar refractivity (Wildman–Crippen MR) is 94.2 cm³/mol. The summed E-state index contributed by atoms with van der Waals surface area (Å²) < 4.78 is 16.9. The molecule has 1 aromatic carbocycles. The number of aromatic nitrogens is 2. The molecule has 7 nitrogen and oxygen atoms in total. The highest BCUT2D eigenvalue weighted by molar-refractivity contribution is 9.10. The first-order valence-electron chi connectivity index (χ1n) is 7.77. The van der Waals surface area contributed by atoms with Crippen molar-refractivity contribution in [1.29, 1.82) is 0 Å². The van der Waals surface area contributed by atoms with Crippen LogP contribution in [-0.2, 0) is 0 Å². The van der Waals surface area contributed by atoms with Gasteiger partial charge < -0.3 is 19.1 Å². The Labute approximate surface area is 154 Å². The lowest BCUT2D eigenvalue weighted by Gasteiger charge is -2.18. The van der Waals surface area contributed by atoms with Crippen molar-refractivity contribution >= 4 is 21.8 Å². The molecule has 1 amide bonds. The lowest BCUT2D eigenvalue weighted by Crippen LogP contribution is -2.31. The van der Waals surface area contributed by atoms with Crippen LogP contribution in [0.5, 0.6) is 17.5 Å². The van der Waals surface area contributed by atoms with Gasteiger partial charge >= 0.3 is 0 Å². The third-order valence-corrected chi connectivity index (χ3v) is 4.63. The molecule has 0 N–H and O–H groups in total. The number of benzene rings is 1. The number of hydrogen-bond acceptors (Lipinski definition) is 6. The van der Waals surface area contributed by atoms with Crippen molar-refractivity contribution in [3.8, 4) is 17.5 Å². The lowest BCUT2D eigenvalue weighted by atomic mass is 10.2. The number of halogens is 1. The number of methoxy groups -OCH3 is 2. The first-order chi connectivity index (χ1) is 12.1. The van der Waals surface area contributed by atoms with Crippen molar-refractivity contribution in [2.75, 3.05) is 27.3 Å². The van der Waals surface area contributed by atoms with E-state index >= 15 is 0 Å². The van der Waals surface area contributed by atoms with E-state index in [9.17, 15) is 4.79 Å². The van der Waals surface area contributed by atoms with Crippen LogP contribution in [0.3, 0.4) is 0 Å². The minimum atomic E-state index is -0.154. The van der Waals surface area contributed by atoms with E-state index < -0.39 is 0 Å². The fourth-order valence-corrected chi connectivity index (χ4v) is 3.08. The van der Waals surface area contributed by atoms with Crippen molar-refractivity contribution in [1.82, 2.24) is 14.9 Å². The highest BCUT2D eigenvalue weighted by Gasteiger charge is 2.30. The summed E-state index contributed by atoms with van der Waals surface area (Å²) in [6.07, 6.45) is 3.64. The van der Waals surface area contributed by atoms with Crippen molar-refractivity contribution in [3.05, 3.63) is 40.6 Å². The average Bonchev–Trinajstić information content (AvgIpc) is 3.10. The SMILES string of the molecule is COc1ccc(Br)c(C(=O)N2CCC(Oc3nccnc3OC)C2)c1. The van der Waals surface area contributed by atoms with Crippen LogP contribution in [0.2, 0.25) is 0 Å². The molecule has 25 heavy (non-hydrogen) atoms. The zero-order valence-corrected chi connectivity index (χ0v) is 15.5. The fourth-order valence-electron chi connectivity index (χ4n) is 2.67.